The van der Waals surface area contributed by atoms with Gasteiger partial charge >= 0.3 is 6.18 Å². The average Bonchev–Trinajstić information content (AvgIpc) is 3.26. The van der Waals surface area contributed by atoms with Crippen LogP contribution in [-0.2, 0) is 34.0 Å². The Balaban J connectivity index is 1.62. The van der Waals surface area contributed by atoms with E-state index in [0.717, 1.165) is 29.7 Å². The van der Waals surface area contributed by atoms with Gasteiger partial charge in [-0.2, -0.15) is 13.2 Å². The molecule has 2 heterocycles. The van der Waals surface area contributed by atoms with E-state index in [4.69, 9.17) is 4.98 Å². The molecule has 0 aliphatic rings. The highest BCUT2D eigenvalue weighted by Crippen LogP contribution is 2.31. The molecule has 2 aromatic heterocycles. The number of imidazole rings is 1. The van der Waals surface area contributed by atoms with Crippen LogP contribution in [0, 0.1) is 0 Å². The number of sulfonamides is 1. The van der Waals surface area contributed by atoms with Gasteiger partial charge in [-0.05, 0) is 48.9 Å². The minimum Gasteiger partial charge on any atom is -0.325 e. The summed E-state index contributed by atoms with van der Waals surface area (Å²) in [6.07, 6.45) is -4.19. The van der Waals surface area contributed by atoms with Crippen molar-refractivity contribution in [2.24, 2.45) is 0 Å². The van der Waals surface area contributed by atoms with Crippen molar-refractivity contribution in [1.29, 1.82) is 0 Å². The van der Waals surface area contributed by atoms with Crippen LogP contribution in [0.2, 0.25) is 0 Å². The zero-order valence-electron chi connectivity index (χ0n) is 22.1. The van der Waals surface area contributed by atoms with Crippen LogP contribution in [0.1, 0.15) is 18.2 Å². The third-order valence-corrected chi connectivity index (χ3v) is 7.54. The number of hydrogen-bond donors (Lipinski definition) is 2. The Morgan fingerprint density at radius 2 is 1.64 bits per heavy atom. The van der Waals surface area contributed by atoms with Gasteiger partial charge < -0.3 is 9.88 Å². The van der Waals surface area contributed by atoms with Gasteiger partial charge in [0.1, 0.15) is 6.54 Å². The monoisotopic (exact) mass is 595 g/mol. The predicted molar refractivity (Wildman–Crippen MR) is 155 cm³/mol. The SMILES string of the molecule is C=CS(=O)(=O)Nc1ccccc1-c1c(CC)nc2n(CC(=O)Nc3ccc(C(F)(F)F)cc3)c3ccccc3n2c1=O. The first-order chi connectivity index (χ1) is 19.9. The van der Waals surface area contributed by atoms with E-state index in [2.05, 4.69) is 16.6 Å². The summed E-state index contributed by atoms with van der Waals surface area (Å²) in [6.45, 7) is 4.82. The van der Waals surface area contributed by atoms with Gasteiger partial charge in [0, 0.05) is 16.7 Å². The molecule has 3 aromatic carbocycles. The Morgan fingerprint density at radius 3 is 2.29 bits per heavy atom. The van der Waals surface area contributed by atoms with E-state index in [1.54, 1.807) is 54.0 Å². The molecule has 0 aliphatic heterocycles. The van der Waals surface area contributed by atoms with Crippen LogP contribution in [0.4, 0.5) is 24.5 Å². The first-order valence-electron chi connectivity index (χ1n) is 12.7. The lowest BCUT2D eigenvalue weighted by Crippen LogP contribution is -2.23. The molecular weight excluding hydrogens is 571 g/mol. The molecule has 0 fully saturated rings. The molecule has 1 amide bonds. The topological polar surface area (TPSA) is 115 Å². The molecule has 0 spiro atoms. The van der Waals surface area contributed by atoms with Crippen LogP contribution >= 0.6 is 0 Å². The van der Waals surface area contributed by atoms with Gasteiger partial charge in [-0.1, -0.05) is 43.8 Å². The van der Waals surface area contributed by atoms with Crippen molar-refractivity contribution in [3.63, 3.8) is 0 Å². The Morgan fingerprint density at radius 1 is 1.00 bits per heavy atom. The molecule has 9 nitrogen and oxygen atoms in total. The first-order valence-corrected chi connectivity index (χ1v) is 14.2. The minimum absolute atomic E-state index is 0.172. The molecule has 13 heteroatoms. The lowest BCUT2D eigenvalue weighted by Gasteiger charge is -2.14. The molecule has 0 saturated carbocycles. The van der Waals surface area contributed by atoms with Crippen molar-refractivity contribution in [3.05, 3.63) is 106 Å². The second-order valence-electron chi connectivity index (χ2n) is 9.29. The van der Waals surface area contributed by atoms with Gasteiger partial charge in [-0.15, -0.1) is 0 Å². The fraction of sp³-hybridized carbons (Fsp3) is 0.138. The number of para-hydroxylation sites is 3. The number of halogens is 3. The number of carbonyl (C=O) groups excluding carboxylic acids is 1. The molecule has 216 valence electrons. The van der Waals surface area contributed by atoms with E-state index in [1.165, 1.54) is 10.5 Å². The first kappa shape index (κ1) is 28.6. The van der Waals surface area contributed by atoms with Gasteiger partial charge in [0.2, 0.25) is 11.7 Å². The maximum atomic E-state index is 14.1. The summed E-state index contributed by atoms with van der Waals surface area (Å²) in [4.78, 5) is 31.9. The summed E-state index contributed by atoms with van der Waals surface area (Å²) >= 11 is 0. The molecular formula is C29H24F3N5O4S. The van der Waals surface area contributed by atoms with Crippen molar-refractivity contribution in [2.45, 2.75) is 26.1 Å². The molecule has 0 unspecified atom stereocenters. The van der Waals surface area contributed by atoms with Gasteiger partial charge in [-0.3, -0.25) is 14.3 Å². The molecule has 5 aromatic rings. The van der Waals surface area contributed by atoms with Gasteiger partial charge in [0.15, 0.2) is 0 Å². The van der Waals surface area contributed by atoms with E-state index in [9.17, 15) is 31.2 Å². The smallest absolute Gasteiger partial charge is 0.325 e. The molecule has 0 saturated heterocycles. The van der Waals surface area contributed by atoms with Crippen molar-refractivity contribution >= 4 is 44.1 Å². The van der Waals surface area contributed by atoms with Crippen molar-refractivity contribution < 1.29 is 26.4 Å². The van der Waals surface area contributed by atoms with Crippen LogP contribution in [0.3, 0.4) is 0 Å². The highest BCUT2D eigenvalue weighted by atomic mass is 32.2. The van der Waals surface area contributed by atoms with Gasteiger partial charge in [0.25, 0.3) is 15.6 Å². The van der Waals surface area contributed by atoms with Gasteiger partial charge in [0.05, 0.1) is 33.5 Å². The van der Waals surface area contributed by atoms with E-state index in [0.29, 0.717) is 28.7 Å². The van der Waals surface area contributed by atoms with E-state index in [-0.39, 0.29) is 29.3 Å². The lowest BCUT2D eigenvalue weighted by molar-refractivity contribution is -0.137. The van der Waals surface area contributed by atoms with Crippen molar-refractivity contribution in [2.75, 3.05) is 10.0 Å². The second kappa shape index (κ2) is 10.8. The fourth-order valence-corrected chi connectivity index (χ4v) is 5.26. The number of anilines is 2. The molecule has 0 radical (unpaired) electrons. The normalized spacial score (nSPS) is 12.0. The molecule has 0 atom stereocenters. The van der Waals surface area contributed by atoms with Crippen molar-refractivity contribution in [3.8, 4) is 11.1 Å². The Kier molecular flexibility index (Phi) is 7.37. The standard InChI is InChI=1S/C29H24F3N5O4S/c1-3-21-26(20-9-5-6-10-22(20)35-42(40,41)4-2)27(39)37-24-12-8-7-11-23(24)36(28(37)34-21)17-25(38)33-19-15-13-18(14-16-19)29(30,31)32/h4-16,35H,2-3,17H2,1H3,(H,33,38). The molecule has 2 N–H and O–H groups in total. The number of aromatic nitrogens is 3. The summed E-state index contributed by atoms with van der Waals surface area (Å²) in [5, 5.41) is 3.35. The van der Waals surface area contributed by atoms with Crippen LogP contribution in [0.15, 0.2) is 89.6 Å². The summed E-state index contributed by atoms with van der Waals surface area (Å²) in [6, 6.07) is 17.4. The third-order valence-electron chi connectivity index (χ3n) is 6.60. The number of nitrogens with zero attached hydrogens (tertiary/aromatic N) is 3. The third kappa shape index (κ3) is 5.38. The summed E-state index contributed by atoms with van der Waals surface area (Å²) in [5.74, 6) is -0.368. The maximum absolute atomic E-state index is 14.1. The largest absolute Gasteiger partial charge is 0.416 e. The Hall–Kier alpha value is -4.91. The molecule has 5 rings (SSSR count). The molecule has 42 heavy (non-hydrogen) atoms. The summed E-state index contributed by atoms with van der Waals surface area (Å²) in [5.41, 5.74) is 0.897. The summed E-state index contributed by atoms with van der Waals surface area (Å²) < 4.78 is 68.6. The Labute approximate surface area is 238 Å². The summed E-state index contributed by atoms with van der Waals surface area (Å²) in [7, 11) is -3.88. The second-order valence-corrected chi connectivity index (χ2v) is 10.9. The quantitative estimate of drug-likeness (QED) is 0.249. The van der Waals surface area contributed by atoms with E-state index in [1.807, 2.05) is 0 Å². The zero-order valence-corrected chi connectivity index (χ0v) is 23.0. The number of rotatable bonds is 8. The van der Waals surface area contributed by atoms with E-state index >= 15 is 0 Å². The van der Waals surface area contributed by atoms with Crippen LogP contribution in [0.25, 0.3) is 27.9 Å². The average molecular weight is 596 g/mol. The lowest BCUT2D eigenvalue weighted by atomic mass is 10.0. The highest BCUT2D eigenvalue weighted by Gasteiger charge is 2.30. The Bertz CT molecular complexity index is 2010. The minimum atomic E-state index is -4.50. The predicted octanol–water partition coefficient (Wildman–Crippen LogP) is 5.42. The number of fused-ring (bicyclic) bond motifs is 3. The van der Waals surface area contributed by atoms with Crippen LogP contribution < -0.4 is 15.6 Å². The number of nitrogens with one attached hydrogen (secondary N) is 2. The van der Waals surface area contributed by atoms with Gasteiger partial charge in [-0.25, -0.2) is 17.8 Å². The molecule has 0 aliphatic carbocycles. The molecule has 0 bridgehead atoms. The number of aryl methyl sites for hydroxylation is 1. The fourth-order valence-electron chi connectivity index (χ4n) is 4.69. The number of hydrogen-bond acceptors (Lipinski definition) is 5. The highest BCUT2D eigenvalue weighted by molar-refractivity contribution is 7.95. The number of benzene rings is 3. The van der Waals surface area contributed by atoms with Crippen LogP contribution in [-0.4, -0.2) is 28.3 Å². The van der Waals surface area contributed by atoms with Crippen molar-refractivity contribution in [1.82, 2.24) is 14.0 Å². The van der Waals surface area contributed by atoms with Crippen LogP contribution in [0.5, 0.6) is 0 Å². The number of amides is 1. The van der Waals surface area contributed by atoms with E-state index < -0.39 is 33.2 Å². The zero-order chi connectivity index (χ0) is 30.2. The number of alkyl halides is 3. The number of carbonyl (C=O) groups is 1. The maximum Gasteiger partial charge on any atom is 0.416 e.